The van der Waals surface area contributed by atoms with E-state index in [0.29, 0.717) is 0 Å². The number of aromatic nitrogens is 4. The Bertz CT molecular complexity index is 665. The van der Waals surface area contributed by atoms with Crippen LogP contribution in [0.1, 0.15) is 11.4 Å². The summed E-state index contributed by atoms with van der Waals surface area (Å²) < 4.78 is 0. The Morgan fingerprint density at radius 3 is 2.53 bits per heavy atom. The smallest absolute Gasteiger partial charge is 0.0929 e. The van der Waals surface area contributed by atoms with Crippen molar-refractivity contribution in [2.75, 3.05) is 0 Å². The molecule has 1 N–H and O–H groups in total. The van der Waals surface area contributed by atoms with Crippen molar-refractivity contribution in [3.05, 3.63) is 41.9 Å². The molecule has 0 amide bonds. The van der Waals surface area contributed by atoms with Crippen LogP contribution >= 0.6 is 0 Å². The first-order valence-corrected chi connectivity index (χ1v) is 5.49. The molecule has 4 nitrogen and oxygen atoms in total. The number of para-hydroxylation sites is 2. The van der Waals surface area contributed by atoms with Crippen LogP contribution in [0.3, 0.4) is 0 Å². The van der Waals surface area contributed by atoms with Gasteiger partial charge in [0.1, 0.15) is 0 Å². The number of benzene rings is 1. The number of aryl methyl sites for hydroxylation is 2. The Hall–Kier alpha value is -2.23. The van der Waals surface area contributed by atoms with Crippen LogP contribution in [0.4, 0.5) is 0 Å². The lowest BCUT2D eigenvalue weighted by Gasteiger charge is -2.02. The van der Waals surface area contributed by atoms with Crippen LogP contribution in [0, 0.1) is 13.8 Å². The molecule has 84 valence electrons. The second-order valence-corrected chi connectivity index (χ2v) is 4.05. The Balaban J connectivity index is 2.25. The van der Waals surface area contributed by atoms with Crippen molar-refractivity contribution < 1.29 is 0 Å². The summed E-state index contributed by atoms with van der Waals surface area (Å²) >= 11 is 0. The normalized spacial score (nSPS) is 10.9. The summed E-state index contributed by atoms with van der Waals surface area (Å²) in [6.07, 6.45) is 1.80. The Morgan fingerprint density at radius 2 is 1.82 bits per heavy atom. The maximum absolute atomic E-state index is 4.62. The average molecular weight is 224 g/mol. The van der Waals surface area contributed by atoms with Gasteiger partial charge in [0.05, 0.1) is 28.6 Å². The zero-order valence-corrected chi connectivity index (χ0v) is 9.73. The van der Waals surface area contributed by atoms with Crippen LogP contribution < -0.4 is 0 Å². The largest absolute Gasteiger partial charge is 0.282 e. The molecule has 0 bridgehead atoms. The maximum atomic E-state index is 4.62. The van der Waals surface area contributed by atoms with Crippen molar-refractivity contribution in [2.45, 2.75) is 13.8 Å². The highest BCUT2D eigenvalue weighted by molar-refractivity contribution is 5.77. The first-order valence-electron chi connectivity index (χ1n) is 5.49. The van der Waals surface area contributed by atoms with Crippen LogP contribution in [-0.4, -0.2) is 20.2 Å². The first-order chi connectivity index (χ1) is 8.25. The third kappa shape index (κ3) is 1.58. The van der Waals surface area contributed by atoms with E-state index in [9.17, 15) is 0 Å². The SMILES string of the molecule is Cc1n[nH]c(C)c1-c1cnc2ccccc2n1. The number of hydrogen-bond donors (Lipinski definition) is 1. The van der Waals surface area contributed by atoms with E-state index in [2.05, 4.69) is 20.2 Å². The molecule has 0 unspecified atom stereocenters. The lowest BCUT2D eigenvalue weighted by Crippen LogP contribution is -1.90. The summed E-state index contributed by atoms with van der Waals surface area (Å²) in [5.74, 6) is 0. The summed E-state index contributed by atoms with van der Waals surface area (Å²) in [6, 6.07) is 7.86. The van der Waals surface area contributed by atoms with Gasteiger partial charge in [0.15, 0.2) is 0 Å². The van der Waals surface area contributed by atoms with E-state index < -0.39 is 0 Å². The van der Waals surface area contributed by atoms with E-state index in [0.717, 1.165) is 33.7 Å². The molecule has 0 aliphatic rings. The minimum Gasteiger partial charge on any atom is -0.282 e. The molecule has 0 radical (unpaired) electrons. The topological polar surface area (TPSA) is 54.5 Å². The molecule has 4 heteroatoms. The van der Waals surface area contributed by atoms with E-state index in [4.69, 9.17) is 0 Å². The molecule has 0 fully saturated rings. The summed E-state index contributed by atoms with van der Waals surface area (Å²) in [5, 5.41) is 7.15. The predicted octanol–water partition coefficient (Wildman–Crippen LogP) is 2.64. The monoisotopic (exact) mass is 224 g/mol. The van der Waals surface area contributed by atoms with Gasteiger partial charge in [0, 0.05) is 11.3 Å². The van der Waals surface area contributed by atoms with E-state index in [-0.39, 0.29) is 0 Å². The molecule has 2 heterocycles. The van der Waals surface area contributed by atoms with Crippen LogP contribution in [0.5, 0.6) is 0 Å². The summed E-state index contributed by atoms with van der Waals surface area (Å²) in [7, 11) is 0. The number of rotatable bonds is 1. The number of nitrogens with zero attached hydrogens (tertiary/aromatic N) is 3. The highest BCUT2D eigenvalue weighted by Crippen LogP contribution is 2.24. The molecule has 3 aromatic rings. The summed E-state index contributed by atoms with van der Waals surface area (Å²) in [6.45, 7) is 3.96. The quantitative estimate of drug-likeness (QED) is 0.691. The van der Waals surface area contributed by atoms with Gasteiger partial charge < -0.3 is 0 Å². The third-order valence-electron chi connectivity index (χ3n) is 2.83. The zero-order valence-electron chi connectivity index (χ0n) is 9.73. The lowest BCUT2D eigenvalue weighted by molar-refractivity contribution is 1.02. The number of H-pyrrole nitrogens is 1. The number of nitrogens with one attached hydrogen (secondary N) is 1. The maximum Gasteiger partial charge on any atom is 0.0929 e. The fraction of sp³-hybridized carbons (Fsp3) is 0.154. The van der Waals surface area contributed by atoms with Crippen LogP contribution in [0.15, 0.2) is 30.5 Å². The fourth-order valence-corrected chi connectivity index (χ4v) is 2.01. The van der Waals surface area contributed by atoms with Gasteiger partial charge in [-0.05, 0) is 26.0 Å². The molecular weight excluding hydrogens is 212 g/mol. The van der Waals surface area contributed by atoms with Crippen LogP contribution in [0.25, 0.3) is 22.3 Å². The first kappa shape index (κ1) is 9.96. The summed E-state index contributed by atoms with van der Waals surface area (Å²) in [4.78, 5) is 9.03. The molecule has 0 saturated heterocycles. The molecule has 0 spiro atoms. The van der Waals surface area contributed by atoms with Gasteiger partial charge in [-0.2, -0.15) is 5.10 Å². The second kappa shape index (κ2) is 3.66. The fourth-order valence-electron chi connectivity index (χ4n) is 2.01. The van der Waals surface area contributed by atoms with E-state index >= 15 is 0 Å². The van der Waals surface area contributed by atoms with Gasteiger partial charge in [-0.3, -0.25) is 10.1 Å². The van der Waals surface area contributed by atoms with Gasteiger partial charge in [-0.1, -0.05) is 12.1 Å². The standard InChI is InChI=1S/C13H12N4/c1-8-13(9(2)17-16-8)12-7-14-10-5-3-4-6-11(10)15-12/h3-7H,1-2H3,(H,16,17). The second-order valence-electron chi connectivity index (χ2n) is 4.05. The van der Waals surface area contributed by atoms with Crippen molar-refractivity contribution >= 4 is 11.0 Å². The number of fused-ring (bicyclic) bond motifs is 1. The number of aromatic amines is 1. The van der Waals surface area contributed by atoms with E-state index in [1.807, 2.05) is 38.1 Å². The van der Waals surface area contributed by atoms with E-state index in [1.165, 1.54) is 0 Å². The minimum absolute atomic E-state index is 0.868. The Kier molecular flexibility index (Phi) is 2.14. The van der Waals surface area contributed by atoms with E-state index in [1.54, 1.807) is 6.20 Å². The predicted molar refractivity (Wildman–Crippen MR) is 66.6 cm³/mol. The highest BCUT2D eigenvalue weighted by Gasteiger charge is 2.11. The minimum atomic E-state index is 0.868. The van der Waals surface area contributed by atoms with Crippen molar-refractivity contribution in [2.24, 2.45) is 0 Å². The molecule has 0 saturated carbocycles. The lowest BCUT2D eigenvalue weighted by atomic mass is 10.1. The van der Waals surface area contributed by atoms with Gasteiger partial charge in [0.2, 0.25) is 0 Å². The third-order valence-corrected chi connectivity index (χ3v) is 2.83. The Morgan fingerprint density at radius 1 is 1.06 bits per heavy atom. The van der Waals surface area contributed by atoms with Gasteiger partial charge >= 0.3 is 0 Å². The van der Waals surface area contributed by atoms with Crippen molar-refractivity contribution in [1.29, 1.82) is 0 Å². The molecule has 2 aromatic heterocycles. The van der Waals surface area contributed by atoms with Crippen LogP contribution in [-0.2, 0) is 0 Å². The molecule has 1 aromatic carbocycles. The van der Waals surface area contributed by atoms with Crippen molar-refractivity contribution in [3.8, 4) is 11.3 Å². The summed E-state index contributed by atoms with van der Waals surface area (Å²) in [5.41, 5.74) is 5.70. The van der Waals surface area contributed by atoms with Crippen molar-refractivity contribution in [3.63, 3.8) is 0 Å². The molecular formula is C13H12N4. The molecule has 3 rings (SSSR count). The zero-order chi connectivity index (χ0) is 11.8. The van der Waals surface area contributed by atoms with Gasteiger partial charge in [0.25, 0.3) is 0 Å². The molecule has 0 aliphatic carbocycles. The Labute approximate surface area is 98.7 Å². The molecule has 0 aliphatic heterocycles. The highest BCUT2D eigenvalue weighted by atomic mass is 15.1. The number of hydrogen-bond acceptors (Lipinski definition) is 3. The van der Waals surface area contributed by atoms with Gasteiger partial charge in [-0.15, -0.1) is 0 Å². The van der Waals surface area contributed by atoms with Crippen LogP contribution in [0.2, 0.25) is 0 Å². The molecule has 0 atom stereocenters. The van der Waals surface area contributed by atoms with Gasteiger partial charge in [-0.25, -0.2) is 4.98 Å². The average Bonchev–Trinajstić information content (AvgIpc) is 2.68. The van der Waals surface area contributed by atoms with Crippen molar-refractivity contribution in [1.82, 2.24) is 20.2 Å². The molecule has 17 heavy (non-hydrogen) atoms.